The molecule has 0 saturated heterocycles. The largest absolute Gasteiger partial charge is 0.337 e. The van der Waals surface area contributed by atoms with Crippen molar-refractivity contribution in [2.24, 2.45) is 11.3 Å². The molecule has 1 aliphatic carbocycles. The van der Waals surface area contributed by atoms with Crippen molar-refractivity contribution < 1.29 is 0 Å². The lowest BCUT2D eigenvalue weighted by molar-refractivity contribution is 0.196. The van der Waals surface area contributed by atoms with Crippen LogP contribution in [0.25, 0.3) is 0 Å². The molecule has 0 aromatic carbocycles. The van der Waals surface area contributed by atoms with Gasteiger partial charge in [0, 0.05) is 18.9 Å². The quantitative estimate of drug-likeness (QED) is 0.781. The average molecular weight is 238 g/mol. The Morgan fingerprint density at radius 2 is 2.12 bits per heavy atom. The number of aromatic nitrogens is 2. The molecule has 1 aromatic heterocycles. The van der Waals surface area contributed by atoms with E-state index in [1.165, 1.54) is 32.1 Å². The van der Waals surface area contributed by atoms with E-state index in [2.05, 4.69) is 29.6 Å². The van der Waals surface area contributed by atoms with Crippen molar-refractivity contribution in [3.05, 3.63) is 17.2 Å². The van der Waals surface area contributed by atoms with E-state index in [9.17, 15) is 0 Å². The van der Waals surface area contributed by atoms with E-state index in [1.807, 2.05) is 6.20 Å². The van der Waals surface area contributed by atoms with Gasteiger partial charge in [0.1, 0.15) is 0 Å². The maximum Gasteiger partial charge on any atom is 0.177 e. The van der Waals surface area contributed by atoms with Crippen molar-refractivity contribution in [1.82, 2.24) is 9.55 Å². The minimum atomic E-state index is 0.509. The molecule has 0 spiro atoms. The Balaban J connectivity index is 2.14. The Hall–Kier alpha value is -0.570. The minimum absolute atomic E-state index is 0.509. The number of hydrogen-bond acceptors (Lipinski definition) is 1. The predicted molar refractivity (Wildman–Crippen MR) is 70.0 cm³/mol. The lowest BCUT2D eigenvalue weighted by Gasteiger charge is -2.31. The first-order chi connectivity index (χ1) is 7.61. The van der Waals surface area contributed by atoms with E-state index < -0.39 is 0 Å². The second kappa shape index (κ2) is 4.74. The third-order valence-electron chi connectivity index (χ3n) is 3.73. The number of imidazole rings is 1. The minimum Gasteiger partial charge on any atom is -0.337 e. The molecule has 0 unspecified atom stereocenters. The highest BCUT2D eigenvalue weighted by Crippen LogP contribution is 2.44. The Labute approximate surface area is 103 Å². The van der Waals surface area contributed by atoms with Crippen LogP contribution in [0, 0.1) is 16.1 Å². The van der Waals surface area contributed by atoms with Crippen LogP contribution in [0.2, 0.25) is 0 Å². The van der Waals surface area contributed by atoms with Gasteiger partial charge in [-0.05, 0) is 42.8 Å². The molecule has 0 aliphatic heterocycles. The Bertz CT molecular complexity index is 383. The SMILES string of the molecule is CC(C)CC1(Cn2cc[nH]c2=S)CCCC1. The number of aromatic amines is 1. The van der Waals surface area contributed by atoms with Gasteiger partial charge in [-0.25, -0.2) is 0 Å². The van der Waals surface area contributed by atoms with Crippen molar-refractivity contribution in [2.75, 3.05) is 0 Å². The van der Waals surface area contributed by atoms with Gasteiger partial charge >= 0.3 is 0 Å². The molecule has 0 bridgehead atoms. The molecule has 1 aromatic rings. The zero-order chi connectivity index (χ0) is 11.6. The van der Waals surface area contributed by atoms with Crippen LogP contribution in [-0.2, 0) is 6.54 Å². The fourth-order valence-electron chi connectivity index (χ4n) is 3.25. The fourth-order valence-corrected chi connectivity index (χ4v) is 3.45. The molecule has 16 heavy (non-hydrogen) atoms. The van der Waals surface area contributed by atoms with Crippen LogP contribution in [0.4, 0.5) is 0 Å². The van der Waals surface area contributed by atoms with E-state index >= 15 is 0 Å². The van der Waals surface area contributed by atoms with E-state index in [-0.39, 0.29) is 0 Å². The standard InChI is InChI=1S/C13H22N2S/c1-11(2)9-13(5-3-4-6-13)10-15-8-7-14-12(15)16/h7-8,11H,3-6,9-10H2,1-2H3,(H,14,16). The van der Waals surface area contributed by atoms with Crippen LogP contribution in [0.15, 0.2) is 12.4 Å². The van der Waals surface area contributed by atoms with Crippen LogP contribution in [0.5, 0.6) is 0 Å². The van der Waals surface area contributed by atoms with Gasteiger partial charge < -0.3 is 9.55 Å². The Kier molecular flexibility index (Phi) is 3.53. The van der Waals surface area contributed by atoms with Crippen molar-refractivity contribution >= 4 is 12.2 Å². The van der Waals surface area contributed by atoms with E-state index in [0.717, 1.165) is 17.2 Å². The molecule has 0 amide bonds. The molecule has 2 rings (SSSR count). The van der Waals surface area contributed by atoms with Gasteiger partial charge in [-0.15, -0.1) is 0 Å². The van der Waals surface area contributed by atoms with Crippen LogP contribution >= 0.6 is 12.2 Å². The first-order valence-corrected chi connectivity index (χ1v) is 6.76. The molecule has 1 heterocycles. The summed E-state index contributed by atoms with van der Waals surface area (Å²) in [6, 6.07) is 0. The fraction of sp³-hybridized carbons (Fsp3) is 0.769. The van der Waals surface area contributed by atoms with Crippen LogP contribution in [0.1, 0.15) is 46.0 Å². The summed E-state index contributed by atoms with van der Waals surface area (Å²) in [6.45, 7) is 5.76. The predicted octanol–water partition coefficient (Wildman–Crippen LogP) is 4.15. The number of nitrogens with zero attached hydrogens (tertiary/aromatic N) is 1. The van der Waals surface area contributed by atoms with Gasteiger partial charge in [0.2, 0.25) is 0 Å². The highest BCUT2D eigenvalue weighted by atomic mass is 32.1. The molecular formula is C13H22N2S. The van der Waals surface area contributed by atoms with E-state index in [1.54, 1.807) is 0 Å². The molecule has 1 fully saturated rings. The first-order valence-electron chi connectivity index (χ1n) is 6.35. The summed E-state index contributed by atoms with van der Waals surface area (Å²) in [4.78, 5) is 3.09. The molecular weight excluding hydrogens is 216 g/mol. The summed E-state index contributed by atoms with van der Waals surface area (Å²) < 4.78 is 3.08. The summed E-state index contributed by atoms with van der Waals surface area (Å²) in [5, 5.41) is 0. The first kappa shape index (κ1) is 11.9. The maximum absolute atomic E-state index is 5.29. The average Bonchev–Trinajstić information content (AvgIpc) is 2.77. The molecule has 0 atom stereocenters. The zero-order valence-corrected chi connectivity index (χ0v) is 11.1. The lowest BCUT2D eigenvalue weighted by atomic mass is 9.78. The monoisotopic (exact) mass is 238 g/mol. The Morgan fingerprint density at radius 1 is 1.44 bits per heavy atom. The third kappa shape index (κ3) is 2.57. The van der Waals surface area contributed by atoms with E-state index in [0.29, 0.717) is 5.41 Å². The second-order valence-electron chi connectivity index (χ2n) is 5.70. The molecule has 3 heteroatoms. The van der Waals surface area contributed by atoms with Crippen molar-refractivity contribution in [3.8, 4) is 0 Å². The van der Waals surface area contributed by atoms with Crippen LogP contribution < -0.4 is 0 Å². The lowest BCUT2D eigenvalue weighted by Crippen LogP contribution is -2.25. The molecule has 0 radical (unpaired) electrons. The van der Waals surface area contributed by atoms with Crippen LogP contribution in [-0.4, -0.2) is 9.55 Å². The molecule has 2 nitrogen and oxygen atoms in total. The van der Waals surface area contributed by atoms with Crippen LogP contribution in [0.3, 0.4) is 0 Å². The highest BCUT2D eigenvalue weighted by Gasteiger charge is 2.34. The Morgan fingerprint density at radius 3 is 2.62 bits per heavy atom. The summed E-state index contributed by atoms with van der Waals surface area (Å²) in [5.41, 5.74) is 0.509. The smallest absolute Gasteiger partial charge is 0.177 e. The number of nitrogens with one attached hydrogen (secondary N) is 1. The topological polar surface area (TPSA) is 20.7 Å². The van der Waals surface area contributed by atoms with Crippen molar-refractivity contribution in [3.63, 3.8) is 0 Å². The van der Waals surface area contributed by atoms with Gasteiger partial charge in [0.05, 0.1) is 0 Å². The molecule has 1 N–H and O–H groups in total. The second-order valence-corrected chi connectivity index (χ2v) is 6.08. The van der Waals surface area contributed by atoms with Gasteiger partial charge in [-0.1, -0.05) is 26.7 Å². The summed E-state index contributed by atoms with van der Waals surface area (Å²) in [7, 11) is 0. The highest BCUT2D eigenvalue weighted by molar-refractivity contribution is 7.71. The normalized spacial score (nSPS) is 19.4. The number of rotatable bonds is 4. The molecule has 1 aliphatic rings. The van der Waals surface area contributed by atoms with E-state index in [4.69, 9.17) is 12.2 Å². The third-order valence-corrected chi connectivity index (χ3v) is 4.09. The van der Waals surface area contributed by atoms with Crippen molar-refractivity contribution in [1.29, 1.82) is 0 Å². The molecule has 1 saturated carbocycles. The van der Waals surface area contributed by atoms with Crippen molar-refractivity contribution in [2.45, 2.75) is 52.5 Å². The maximum atomic E-state index is 5.29. The molecule has 90 valence electrons. The number of H-pyrrole nitrogens is 1. The number of hydrogen-bond donors (Lipinski definition) is 1. The van der Waals surface area contributed by atoms with Gasteiger partial charge in [0.25, 0.3) is 0 Å². The summed E-state index contributed by atoms with van der Waals surface area (Å²) in [5.74, 6) is 0.784. The van der Waals surface area contributed by atoms with Gasteiger partial charge in [-0.2, -0.15) is 0 Å². The zero-order valence-electron chi connectivity index (χ0n) is 10.3. The summed E-state index contributed by atoms with van der Waals surface area (Å²) >= 11 is 5.29. The van der Waals surface area contributed by atoms with Gasteiger partial charge in [-0.3, -0.25) is 0 Å². The summed E-state index contributed by atoms with van der Waals surface area (Å²) in [6.07, 6.45) is 10.9. The van der Waals surface area contributed by atoms with Gasteiger partial charge in [0.15, 0.2) is 4.77 Å².